The molecule has 3 nitrogen and oxygen atoms in total. The number of methoxy groups -OCH3 is 1. The van der Waals surface area contributed by atoms with Crippen molar-refractivity contribution in [1.29, 1.82) is 0 Å². The van der Waals surface area contributed by atoms with E-state index >= 15 is 0 Å². The topological polar surface area (TPSA) is 27.7 Å². The Bertz CT molecular complexity index is 703. The van der Waals surface area contributed by atoms with Crippen molar-refractivity contribution in [3.05, 3.63) is 83.2 Å². The van der Waals surface area contributed by atoms with Crippen LogP contribution >= 0.6 is 0 Å². The maximum Gasteiger partial charge on any atom is 0.183 e. The second kappa shape index (κ2) is 8.39. The molecule has 1 aliphatic rings. The van der Waals surface area contributed by atoms with Gasteiger partial charge in [-0.2, -0.15) is 0 Å². The quantitative estimate of drug-likeness (QED) is 0.731. The number of benzene rings is 2. The van der Waals surface area contributed by atoms with Crippen molar-refractivity contribution in [2.45, 2.75) is 19.3 Å². The van der Waals surface area contributed by atoms with Crippen LogP contribution in [0.3, 0.4) is 0 Å². The highest BCUT2D eigenvalue weighted by molar-refractivity contribution is 5.33. The van der Waals surface area contributed by atoms with Crippen LogP contribution in [0.15, 0.2) is 60.7 Å². The highest BCUT2D eigenvalue weighted by Gasteiger charge is 2.23. The van der Waals surface area contributed by atoms with Crippen molar-refractivity contribution >= 4 is 0 Å². The Hall–Kier alpha value is -2.01. The molecule has 1 saturated heterocycles. The minimum absolute atomic E-state index is 0.271. The van der Waals surface area contributed by atoms with Crippen LogP contribution in [0.5, 0.6) is 0 Å². The van der Waals surface area contributed by atoms with Gasteiger partial charge < -0.3 is 14.2 Å². The van der Waals surface area contributed by atoms with E-state index in [1.165, 1.54) is 6.07 Å². The first kappa shape index (κ1) is 17.8. The summed E-state index contributed by atoms with van der Waals surface area (Å²) >= 11 is 0. The maximum atomic E-state index is 14.1. The van der Waals surface area contributed by atoms with Crippen LogP contribution in [-0.4, -0.2) is 20.3 Å². The molecular weight excluding hydrogens is 319 g/mol. The minimum Gasteiger partial charge on any atom is -0.372 e. The maximum absolute atomic E-state index is 14.1. The van der Waals surface area contributed by atoms with Crippen molar-refractivity contribution in [2.24, 2.45) is 5.92 Å². The van der Waals surface area contributed by atoms with Gasteiger partial charge in [0.25, 0.3) is 0 Å². The molecule has 0 radical (unpaired) electrons. The lowest BCUT2D eigenvalue weighted by molar-refractivity contribution is -0.197. The summed E-state index contributed by atoms with van der Waals surface area (Å²) in [7, 11) is 1.58. The standard InChI is InChI=1S/C21H23FO3/c1-3-6-15-13-24-21(25-14-15)17-11-9-16(10-12-17)20(23-2)18-7-4-5-8-19(18)22/h3-12,15,20-21H,13-14H2,1-2H3/b6-3+. The summed E-state index contributed by atoms with van der Waals surface area (Å²) in [4.78, 5) is 0. The summed E-state index contributed by atoms with van der Waals surface area (Å²) < 4.78 is 31.2. The molecule has 1 atom stereocenters. The summed E-state index contributed by atoms with van der Waals surface area (Å²) in [6.45, 7) is 3.28. The monoisotopic (exact) mass is 342 g/mol. The molecule has 0 spiro atoms. The van der Waals surface area contributed by atoms with E-state index in [1.54, 1.807) is 19.2 Å². The highest BCUT2D eigenvalue weighted by atomic mass is 19.1. The second-order valence-electron chi connectivity index (χ2n) is 6.09. The molecule has 2 aromatic carbocycles. The Balaban J connectivity index is 1.73. The van der Waals surface area contributed by atoms with Crippen LogP contribution in [0.25, 0.3) is 0 Å². The van der Waals surface area contributed by atoms with Gasteiger partial charge in [0, 0.05) is 24.2 Å². The van der Waals surface area contributed by atoms with E-state index in [2.05, 4.69) is 6.08 Å². The number of hydrogen-bond acceptors (Lipinski definition) is 3. The molecule has 1 unspecified atom stereocenters. The predicted molar refractivity (Wildman–Crippen MR) is 94.6 cm³/mol. The summed E-state index contributed by atoms with van der Waals surface area (Å²) in [6.07, 6.45) is 3.31. The molecule has 25 heavy (non-hydrogen) atoms. The first-order chi connectivity index (χ1) is 12.2. The molecule has 0 bridgehead atoms. The number of ether oxygens (including phenoxy) is 3. The fourth-order valence-corrected chi connectivity index (χ4v) is 3.05. The van der Waals surface area contributed by atoms with E-state index in [4.69, 9.17) is 14.2 Å². The van der Waals surface area contributed by atoms with Gasteiger partial charge in [-0.15, -0.1) is 0 Å². The van der Waals surface area contributed by atoms with Gasteiger partial charge in [0.1, 0.15) is 11.9 Å². The van der Waals surface area contributed by atoms with Gasteiger partial charge >= 0.3 is 0 Å². The van der Waals surface area contributed by atoms with Crippen molar-refractivity contribution in [2.75, 3.05) is 20.3 Å². The third-order valence-corrected chi connectivity index (χ3v) is 4.32. The Morgan fingerprint density at radius 2 is 1.76 bits per heavy atom. The molecule has 2 aromatic rings. The first-order valence-electron chi connectivity index (χ1n) is 8.46. The van der Waals surface area contributed by atoms with E-state index in [1.807, 2.05) is 43.3 Å². The number of rotatable bonds is 5. The molecule has 3 rings (SSSR count). The smallest absolute Gasteiger partial charge is 0.183 e. The summed E-state index contributed by atoms with van der Waals surface area (Å²) in [5.74, 6) is 0.0341. The Morgan fingerprint density at radius 1 is 1.08 bits per heavy atom. The van der Waals surface area contributed by atoms with Crippen molar-refractivity contribution in [3.8, 4) is 0 Å². The van der Waals surface area contributed by atoms with Crippen molar-refractivity contribution in [3.63, 3.8) is 0 Å². The van der Waals surface area contributed by atoms with Crippen LogP contribution < -0.4 is 0 Å². The predicted octanol–water partition coefficient (Wildman–Crippen LogP) is 4.80. The van der Waals surface area contributed by atoms with Gasteiger partial charge in [-0.05, 0) is 18.6 Å². The van der Waals surface area contributed by atoms with E-state index in [9.17, 15) is 4.39 Å². The van der Waals surface area contributed by atoms with E-state index in [-0.39, 0.29) is 12.1 Å². The minimum atomic E-state index is -0.442. The lowest BCUT2D eigenvalue weighted by atomic mass is 9.99. The van der Waals surface area contributed by atoms with Gasteiger partial charge in [0.2, 0.25) is 0 Å². The van der Waals surface area contributed by atoms with E-state index in [0.717, 1.165) is 11.1 Å². The van der Waals surface area contributed by atoms with Crippen LogP contribution in [0.1, 0.15) is 36.0 Å². The normalized spacial score (nSPS) is 22.2. The molecule has 0 amide bonds. The molecule has 1 heterocycles. The average molecular weight is 342 g/mol. The molecule has 0 aliphatic carbocycles. The van der Waals surface area contributed by atoms with Crippen LogP contribution in [0.2, 0.25) is 0 Å². The fraction of sp³-hybridized carbons (Fsp3) is 0.333. The molecule has 4 heteroatoms. The van der Waals surface area contributed by atoms with Crippen molar-refractivity contribution in [1.82, 2.24) is 0 Å². The van der Waals surface area contributed by atoms with E-state index in [0.29, 0.717) is 24.7 Å². The molecule has 0 N–H and O–H groups in total. The second-order valence-corrected chi connectivity index (χ2v) is 6.09. The zero-order valence-corrected chi connectivity index (χ0v) is 14.5. The zero-order chi connectivity index (χ0) is 17.6. The van der Waals surface area contributed by atoms with Gasteiger partial charge in [0.05, 0.1) is 13.2 Å². The molecule has 1 fully saturated rings. The third kappa shape index (κ3) is 4.15. The first-order valence-corrected chi connectivity index (χ1v) is 8.46. The SMILES string of the molecule is C/C=C/C1COC(c2ccc(C(OC)c3ccccc3F)cc2)OC1. The van der Waals surface area contributed by atoms with Crippen LogP contribution in [0, 0.1) is 11.7 Å². The Morgan fingerprint density at radius 3 is 2.36 bits per heavy atom. The lowest BCUT2D eigenvalue weighted by Gasteiger charge is -2.28. The summed E-state index contributed by atoms with van der Waals surface area (Å²) in [6, 6.07) is 14.4. The number of hydrogen-bond donors (Lipinski definition) is 0. The van der Waals surface area contributed by atoms with Gasteiger partial charge in [-0.1, -0.05) is 54.6 Å². The zero-order valence-electron chi connectivity index (χ0n) is 14.5. The average Bonchev–Trinajstić information content (AvgIpc) is 2.65. The van der Waals surface area contributed by atoms with E-state index < -0.39 is 6.10 Å². The fourth-order valence-electron chi connectivity index (χ4n) is 3.05. The lowest BCUT2D eigenvalue weighted by Crippen LogP contribution is -2.25. The van der Waals surface area contributed by atoms with Gasteiger partial charge in [0.15, 0.2) is 6.29 Å². The number of halogens is 1. The molecule has 0 saturated carbocycles. The summed E-state index contributed by atoms with van der Waals surface area (Å²) in [5, 5.41) is 0. The molecular formula is C21H23FO3. The number of allylic oxidation sites excluding steroid dienone is 1. The highest BCUT2D eigenvalue weighted by Crippen LogP contribution is 2.30. The van der Waals surface area contributed by atoms with Crippen molar-refractivity contribution < 1.29 is 18.6 Å². The van der Waals surface area contributed by atoms with Gasteiger partial charge in [-0.3, -0.25) is 0 Å². The Labute approximate surface area is 148 Å². The van der Waals surface area contributed by atoms with Crippen LogP contribution in [-0.2, 0) is 14.2 Å². The molecule has 132 valence electrons. The molecule has 0 aromatic heterocycles. The third-order valence-electron chi connectivity index (χ3n) is 4.32. The van der Waals surface area contributed by atoms with Gasteiger partial charge in [-0.25, -0.2) is 4.39 Å². The Kier molecular flexibility index (Phi) is 5.97. The molecule has 1 aliphatic heterocycles. The van der Waals surface area contributed by atoms with Crippen LogP contribution in [0.4, 0.5) is 4.39 Å². The summed E-state index contributed by atoms with van der Waals surface area (Å²) in [5.41, 5.74) is 2.36. The largest absolute Gasteiger partial charge is 0.372 e.